The smallest absolute Gasteiger partial charge is 0.306 e. The summed E-state index contributed by atoms with van der Waals surface area (Å²) in [5.41, 5.74) is 1.81. The molecule has 3 aromatic carbocycles. The van der Waals surface area contributed by atoms with Gasteiger partial charge in [-0.1, -0.05) is 105 Å². The zero-order valence-corrected chi connectivity index (χ0v) is 23.2. The third kappa shape index (κ3) is 5.96. The summed E-state index contributed by atoms with van der Waals surface area (Å²) in [5, 5.41) is 4.85. The minimum absolute atomic E-state index is 0.0445. The highest BCUT2D eigenvalue weighted by Crippen LogP contribution is 2.55. The van der Waals surface area contributed by atoms with Gasteiger partial charge in [-0.2, -0.15) is 5.10 Å². The van der Waals surface area contributed by atoms with Gasteiger partial charge in [0.05, 0.1) is 11.8 Å². The molecular weight excluding hydrogens is 500 g/mol. The molecule has 0 fully saturated rings. The molecule has 0 aliphatic heterocycles. The van der Waals surface area contributed by atoms with Crippen molar-refractivity contribution >= 4 is 7.60 Å². The topological polar surface area (TPSA) is 66.2 Å². The van der Waals surface area contributed by atoms with Crippen molar-refractivity contribution in [1.82, 2.24) is 14.8 Å². The largest absolute Gasteiger partial charge is 0.335 e. The van der Waals surface area contributed by atoms with Crippen LogP contribution in [0.4, 0.5) is 4.39 Å². The van der Waals surface area contributed by atoms with Crippen molar-refractivity contribution in [2.45, 2.75) is 64.2 Å². The summed E-state index contributed by atoms with van der Waals surface area (Å²) >= 11 is 0. The first-order valence-electron chi connectivity index (χ1n) is 12.9. The van der Waals surface area contributed by atoms with Crippen LogP contribution in [0.15, 0.2) is 97.3 Å². The Bertz CT molecular complexity index is 1230. The zero-order valence-electron chi connectivity index (χ0n) is 22.3. The fourth-order valence-electron chi connectivity index (χ4n) is 4.53. The van der Waals surface area contributed by atoms with Crippen LogP contribution in [0.3, 0.4) is 0 Å². The second-order valence-electron chi connectivity index (χ2n) is 9.76. The highest BCUT2D eigenvalue weighted by Gasteiger charge is 2.40. The molecule has 0 saturated carbocycles. The Morgan fingerprint density at radius 1 is 0.816 bits per heavy atom. The predicted molar refractivity (Wildman–Crippen MR) is 148 cm³/mol. The summed E-state index contributed by atoms with van der Waals surface area (Å²) in [5.74, 6) is 0.465. The third-order valence-electron chi connectivity index (χ3n) is 6.30. The molecule has 38 heavy (non-hydrogen) atoms. The molecule has 0 N–H and O–H groups in total. The minimum Gasteiger partial charge on any atom is -0.306 e. The second-order valence-corrected chi connectivity index (χ2v) is 12.3. The van der Waals surface area contributed by atoms with Gasteiger partial charge >= 0.3 is 7.60 Å². The van der Waals surface area contributed by atoms with Crippen molar-refractivity contribution in [1.29, 1.82) is 0 Å². The number of halogens is 1. The lowest BCUT2D eigenvalue weighted by atomic mass is 9.77. The summed E-state index contributed by atoms with van der Waals surface area (Å²) in [6, 6.07) is 30.4. The van der Waals surface area contributed by atoms with Crippen molar-refractivity contribution in [2.75, 3.05) is 0 Å². The fourth-order valence-corrected chi connectivity index (χ4v) is 6.07. The van der Waals surface area contributed by atoms with Gasteiger partial charge in [-0.25, -0.2) is 14.1 Å². The van der Waals surface area contributed by atoms with Crippen LogP contribution >= 0.6 is 7.60 Å². The average molecular weight is 536 g/mol. The summed E-state index contributed by atoms with van der Waals surface area (Å²) in [4.78, 5) is 4.54. The quantitative estimate of drug-likeness (QED) is 0.140. The van der Waals surface area contributed by atoms with Gasteiger partial charge in [0.2, 0.25) is 6.36 Å². The molecule has 4 aromatic rings. The Hall–Kier alpha value is -3.12. The standard InChI is InChI=1S/C30H35FN3O3P/c1-23(2)36-38(35,24(3)4)37-28(31)20-21-29-32-22-34(33-29)30(25-14-8-5-9-15-25,26-16-10-6-11-17-26)27-18-12-7-13-19-27/h5-19,22-24,28H,20-21H2,1-4H3. The van der Waals surface area contributed by atoms with E-state index in [9.17, 15) is 8.96 Å². The summed E-state index contributed by atoms with van der Waals surface area (Å²) in [6.45, 7) is 6.91. The van der Waals surface area contributed by atoms with Crippen LogP contribution in [0, 0.1) is 0 Å². The van der Waals surface area contributed by atoms with Crippen LogP contribution in [0.25, 0.3) is 0 Å². The molecule has 1 heterocycles. The molecule has 200 valence electrons. The third-order valence-corrected chi connectivity index (χ3v) is 8.81. The number of alkyl halides is 1. The van der Waals surface area contributed by atoms with E-state index < -0.39 is 25.2 Å². The lowest BCUT2D eigenvalue weighted by Crippen LogP contribution is -2.38. The maximum Gasteiger partial charge on any atom is 0.335 e. The van der Waals surface area contributed by atoms with E-state index in [0.29, 0.717) is 5.82 Å². The van der Waals surface area contributed by atoms with Crippen LogP contribution in [0.1, 0.15) is 56.6 Å². The van der Waals surface area contributed by atoms with Gasteiger partial charge < -0.3 is 4.52 Å². The molecule has 0 aliphatic carbocycles. The first-order chi connectivity index (χ1) is 18.3. The van der Waals surface area contributed by atoms with Crippen molar-refractivity contribution in [3.05, 3.63) is 120 Å². The summed E-state index contributed by atoms with van der Waals surface area (Å²) in [6.07, 6.45) is -0.248. The van der Waals surface area contributed by atoms with Crippen molar-refractivity contribution in [3.8, 4) is 0 Å². The monoisotopic (exact) mass is 535 g/mol. The van der Waals surface area contributed by atoms with Crippen LogP contribution < -0.4 is 0 Å². The normalized spacial score (nSPS) is 14.5. The van der Waals surface area contributed by atoms with Crippen LogP contribution in [0.5, 0.6) is 0 Å². The zero-order chi connectivity index (χ0) is 27.2. The fraction of sp³-hybridized carbons (Fsp3) is 0.333. The Morgan fingerprint density at radius 3 is 1.71 bits per heavy atom. The molecule has 1 aromatic heterocycles. The van der Waals surface area contributed by atoms with E-state index in [0.717, 1.165) is 16.7 Å². The van der Waals surface area contributed by atoms with E-state index in [1.54, 1.807) is 34.0 Å². The van der Waals surface area contributed by atoms with Crippen LogP contribution in [-0.4, -0.2) is 32.9 Å². The van der Waals surface area contributed by atoms with Crippen LogP contribution in [-0.2, 0) is 25.6 Å². The molecule has 0 amide bonds. The van der Waals surface area contributed by atoms with Crippen molar-refractivity contribution in [2.24, 2.45) is 0 Å². The molecule has 6 nitrogen and oxygen atoms in total. The van der Waals surface area contributed by atoms with E-state index in [1.807, 2.05) is 59.3 Å². The van der Waals surface area contributed by atoms with Crippen molar-refractivity contribution < 1.29 is 18.0 Å². The summed E-state index contributed by atoms with van der Waals surface area (Å²) < 4.78 is 40.6. The predicted octanol–water partition coefficient (Wildman–Crippen LogP) is 7.39. The molecule has 0 aliphatic rings. The van der Waals surface area contributed by atoms with Gasteiger partial charge in [-0.15, -0.1) is 0 Å². The molecule has 0 radical (unpaired) electrons. The Balaban J connectivity index is 1.67. The van der Waals surface area contributed by atoms with Crippen LogP contribution in [0.2, 0.25) is 0 Å². The molecule has 0 bridgehead atoms. The molecule has 0 saturated heterocycles. The van der Waals surface area contributed by atoms with Gasteiger partial charge in [0.1, 0.15) is 11.9 Å². The van der Waals surface area contributed by atoms with Gasteiger partial charge in [0, 0.05) is 12.8 Å². The van der Waals surface area contributed by atoms with E-state index in [2.05, 4.69) is 41.4 Å². The Kier molecular flexibility index (Phi) is 8.93. The van der Waals surface area contributed by atoms with Gasteiger partial charge in [0.15, 0.2) is 5.82 Å². The van der Waals surface area contributed by atoms with E-state index in [1.165, 1.54) is 0 Å². The molecule has 2 unspecified atom stereocenters. The first-order valence-corrected chi connectivity index (χ1v) is 14.5. The number of aromatic nitrogens is 3. The highest BCUT2D eigenvalue weighted by atomic mass is 31.2. The first kappa shape index (κ1) is 27.9. The van der Waals surface area contributed by atoms with E-state index in [-0.39, 0.29) is 18.9 Å². The number of benzene rings is 3. The molecule has 2 atom stereocenters. The average Bonchev–Trinajstić information content (AvgIpc) is 3.38. The second kappa shape index (κ2) is 12.2. The Labute approximate surface area is 224 Å². The van der Waals surface area contributed by atoms with E-state index in [4.69, 9.17) is 14.1 Å². The maximum absolute atomic E-state index is 14.9. The Morgan fingerprint density at radius 2 is 1.29 bits per heavy atom. The van der Waals surface area contributed by atoms with Gasteiger partial charge in [-0.05, 0) is 30.5 Å². The highest BCUT2D eigenvalue weighted by molar-refractivity contribution is 7.54. The number of rotatable bonds is 12. The number of aryl methyl sites for hydroxylation is 1. The van der Waals surface area contributed by atoms with Gasteiger partial charge in [-0.3, -0.25) is 9.09 Å². The minimum atomic E-state index is -3.59. The molecule has 8 heteroatoms. The summed E-state index contributed by atoms with van der Waals surface area (Å²) in [7, 11) is -3.59. The number of nitrogens with zero attached hydrogens (tertiary/aromatic N) is 3. The molecular formula is C30H35FN3O3P. The number of hydrogen-bond donors (Lipinski definition) is 0. The lowest BCUT2D eigenvalue weighted by molar-refractivity contribution is 0.0313. The van der Waals surface area contributed by atoms with Crippen molar-refractivity contribution in [3.63, 3.8) is 0 Å². The SMILES string of the molecule is CC(C)OP(=O)(OC(F)CCc1ncn(C(c2ccccc2)(c2ccccc2)c2ccccc2)n1)C(C)C. The molecule has 0 spiro atoms. The number of hydrogen-bond acceptors (Lipinski definition) is 5. The molecule has 4 rings (SSSR count). The maximum atomic E-state index is 14.9. The van der Waals surface area contributed by atoms with E-state index >= 15 is 0 Å². The van der Waals surface area contributed by atoms with Gasteiger partial charge in [0.25, 0.3) is 0 Å². The lowest BCUT2D eigenvalue weighted by Gasteiger charge is -2.35.